The second kappa shape index (κ2) is 20.5. The van der Waals surface area contributed by atoms with Gasteiger partial charge in [0.15, 0.2) is 0 Å². The summed E-state index contributed by atoms with van der Waals surface area (Å²) in [5.74, 6) is 0. The summed E-state index contributed by atoms with van der Waals surface area (Å²) in [6.07, 6.45) is 0. The molecule has 0 saturated heterocycles. The summed E-state index contributed by atoms with van der Waals surface area (Å²) in [7, 11) is 0. The molecule has 86 heavy (non-hydrogen) atoms. The van der Waals surface area contributed by atoms with Crippen LogP contribution in [0.15, 0.2) is 211 Å². The summed E-state index contributed by atoms with van der Waals surface area (Å²) in [6, 6.07) is 79.6. The van der Waals surface area contributed by atoms with Crippen LogP contribution in [0.1, 0.15) is 180 Å². The van der Waals surface area contributed by atoms with Gasteiger partial charge in [0, 0.05) is 39.1 Å². The molecule has 0 aliphatic heterocycles. The van der Waals surface area contributed by atoms with Gasteiger partial charge in [-0.05, 0) is 166 Å². The van der Waals surface area contributed by atoms with Crippen LogP contribution in [0.25, 0.3) is 43.8 Å². The van der Waals surface area contributed by atoms with Crippen molar-refractivity contribution in [3.8, 4) is 11.1 Å². The average molecular weight is 1130 g/mol. The van der Waals surface area contributed by atoms with Crippen LogP contribution in [0.5, 0.6) is 0 Å². The molecule has 1 heterocycles. The summed E-state index contributed by atoms with van der Waals surface area (Å²) >= 11 is 0. The molecule has 0 fully saturated rings. The van der Waals surface area contributed by atoms with E-state index in [9.17, 15) is 0 Å². The maximum absolute atomic E-state index is 7.64. The van der Waals surface area contributed by atoms with Gasteiger partial charge in [-0.2, -0.15) is 0 Å². The lowest BCUT2D eigenvalue weighted by Crippen LogP contribution is -2.34. The Morgan fingerprint density at radius 2 is 0.651 bits per heavy atom. The zero-order valence-electron chi connectivity index (χ0n) is 54.4. The monoisotopic (exact) mass is 1130 g/mol. The first-order chi connectivity index (χ1) is 40.4. The smallest absolute Gasteiger partial charge is 0.145 e. The predicted octanol–water partition coefficient (Wildman–Crippen LogP) is 23.8. The van der Waals surface area contributed by atoms with Crippen LogP contribution in [0, 0.1) is 0 Å². The highest BCUT2D eigenvalue weighted by atomic mass is 16.3. The second-order valence-electron chi connectivity index (χ2n) is 30.7. The van der Waals surface area contributed by atoms with Gasteiger partial charge in [0.1, 0.15) is 11.2 Å². The Kier molecular flexibility index (Phi) is 13.9. The molecule has 1 aliphatic carbocycles. The van der Waals surface area contributed by atoms with Gasteiger partial charge in [-0.3, -0.25) is 0 Å². The Balaban J connectivity index is 1.26. The Hall–Kier alpha value is -8.14. The Morgan fingerprint density at radius 3 is 1.03 bits per heavy atom. The Bertz CT molecular complexity index is 4150. The quantitative estimate of drug-likeness (QED) is 0.151. The second-order valence-corrected chi connectivity index (χ2v) is 30.7. The highest BCUT2D eigenvalue weighted by Gasteiger charge is 2.47. The van der Waals surface area contributed by atoms with Gasteiger partial charge in [-0.25, -0.2) is 0 Å². The zero-order valence-corrected chi connectivity index (χ0v) is 54.4. The minimum Gasteiger partial charge on any atom is -0.455 e. The summed E-state index contributed by atoms with van der Waals surface area (Å²) in [5, 5.41) is 4.53. The van der Waals surface area contributed by atoms with E-state index in [4.69, 9.17) is 4.42 Å². The summed E-state index contributed by atoms with van der Waals surface area (Å²) in [4.78, 5) is 5.00. The number of para-hydroxylation sites is 1. The zero-order chi connectivity index (χ0) is 61.3. The number of hydrogen-bond donors (Lipinski definition) is 0. The van der Waals surface area contributed by atoms with E-state index in [1.807, 2.05) is 0 Å². The normalized spacial score (nSPS) is 13.8. The van der Waals surface area contributed by atoms with E-state index >= 15 is 0 Å². The number of hydrogen-bond acceptors (Lipinski definition) is 3. The minimum absolute atomic E-state index is 0.00247. The van der Waals surface area contributed by atoms with E-state index in [0.29, 0.717) is 0 Å². The molecule has 3 nitrogen and oxygen atoms in total. The first-order valence-electron chi connectivity index (χ1n) is 31.2. The van der Waals surface area contributed by atoms with Crippen LogP contribution in [-0.4, -0.2) is 0 Å². The third-order valence-electron chi connectivity index (χ3n) is 18.5. The lowest BCUT2D eigenvalue weighted by Gasteiger charge is -2.43. The molecule has 436 valence electrons. The molecule has 12 rings (SSSR count). The molecule has 0 radical (unpaired) electrons. The van der Waals surface area contributed by atoms with E-state index in [0.717, 1.165) is 67.2 Å². The molecule has 0 amide bonds. The van der Waals surface area contributed by atoms with Gasteiger partial charge in [0.2, 0.25) is 0 Å². The maximum Gasteiger partial charge on any atom is 0.145 e. The van der Waals surface area contributed by atoms with Gasteiger partial charge in [-0.15, -0.1) is 0 Å². The van der Waals surface area contributed by atoms with Gasteiger partial charge in [0.05, 0.1) is 22.2 Å². The van der Waals surface area contributed by atoms with E-state index in [2.05, 4.69) is 341 Å². The van der Waals surface area contributed by atoms with Crippen molar-refractivity contribution in [1.29, 1.82) is 0 Å². The SMILES string of the molecule is CC(C)(C)c1ccc(N(c2ccc(C(C)(C)C)cc2)c2ccc3c4c(cccc24)C(c2ccc(C(C)(C)C)cc2)(c2ccc(C(C)(C)C)cc2)c2cc(N(c4ccc(C(C)(C)C)cc4)c4ccc(C(C)(C)C)cc4)c4c(oc5ccccc54)c2-3)cc1. The van der Waals surface area contributed by atoms with Crippen molar-refractivity contribution in [2.45, 2.75) is 163 Å². The van der Waals surface area contributed by atoms with Crippen molar-refractivity contribution < 1.29 is 4.42 Å². The van der Waals surface area contributed by atoms with Crippen LogP contribution < -0.4 is 9.80 Å². The first kappa shape index (κ1) is 58.3. The molecule has 3 heteroatoms. The molecule has 1 aliphatic rings. The fraction of sp³-hybridized carbons (Fsp3) is 0.301. The van der Waals surface area contributed by atoms with Crippen LogP contribution in [0.2, 0.25) is 0 Å². The molecule has 1 aromatic heterocycles. The molecule has 0 unspecified atom stereocenters. The lowest BCUT2D eigenvalue weighted by atomic mass is 9.59. The van der Waals surface area contributed by atoms with Crippen LogP contribution in [0.4, 0.5) is 34.1 Å². The Morgan fingerprint density at radius 1 is 0.302 bits per heavy atom. The van der Waals surface area contributed by atoms with Crippen molar-refractivity contribution in [1.82, 2.24) is 0 Å². The first-order valence-corrected chi connectivity index (χ1v) is 31.2. The van der Waals surface area contributed by atoms with Crippen molar-refractivity contribution in [3.05, 3.63) is 262 Å². The molecular weight excluding hydrogens is 1040 g/mol. The number of anilines is 6. The molecule has 0 bridgehead atoms. The lowest BCUT2D eigenvalue weighted by molar-refractivity contribution is 0.588. The van der Waals surface area contributed by atoms with Crippen molar-refractivity contribution >= 4 is 66.8 Å². The van der Waals surface area contributed by atoms with Crippen molar-refractivity contribution in [2.75, 3.05) is 9.80 Å². The summed E-state index contributed by atoms with van der Waals surface area (Å²) < 4.78 is 7.64. The number of rotatable bonds is 8. The van der Waals surface area contributed by atoms with Gasteiger partial charge < -0.3 is 14.2 Å². The molecule has 0 atom stereocenters. The van der Waals surface area contributed by atoms with Crippen LogP contribution in [-0.2, 0) is 37.9 Å². The van der Waals surface area contributed by atoms with E-state index in [1.54, 1.807) is 0 Å². The summed E-state index contributed by atoms with van der Waals surface area (Å²) in [6.45, 7) is 41.4. The van der Waals surface area contributed by atoms with Crippen LogP contribution >= 0.6 is 0 Å². The third-order valence-corrected chi connectivity index (χ3v) is 18.5. The molecule has 0 spiro atoms. The number of nitrogens with zero attached hydrogens (tertiary/aromatic N) is 2. The van der Waals surface area contributed by atoms with Gasteiger partial charge in [-0.1, -0.05) is 264 Å². The highest BCUT2D eigenvalue weighted by molar-refractivity contribution is 6.22. The standard InChI is InChI=1S/C83H88N2O/c1-77(2,3)53-26-30-59(31-27-53)83(60-32-28-54(29-33-60)78(4,5)6)68-24-21-23-65-70(84(61-42-34-55(35-43-61)79(7,8)9)62-44-36-56(37-45-62)80(10,11)12)51-50-67(73(65)68)74-69(83)52-71(75-66-22-19-20-25-72(66)86-76(74)75)85(63-46-38-57(39-47-63)81(13,14)15)64-48-40-58(41-49-64)82(16,17)18/h19-52H,1-18H3. The highest BCUT2D eigenvalue weighted by Crippen LogP contribution is 2.61. The Labute approximate surface area is 513 Å². The largest absolute Gasteiger partial charge is 0.455 e. The van der Waals surface area contributed by atoms with E-state index < -0.39 is 5.41 Å². The van der Waals surface area contributed by atoms with Crippen molar-refractivity contribution in [2.24, 2.45) is 0 Å². The van der Waals surface area contributed by atoms with Gasteiger partial charge >= 0.3 is 0 Å². The average Bonchev–Trinajstić information content (AvgIpc) is 1.01. The van der Waals surface area contributed by atoms with Crippen molar-refractivity contribution in [3.63, 3.8) is 0 Å². The van der Waals surface area contributed by atoms with E-state index in [1.165, 1.54) is 66.4 Å². The molecule has 0 N–H and O–H groups in total. The molecule has 10 aromatic carbocycles. The van der Waals surface area contributed by atoms with Gasteiger partial charge in [0.25, 0.3) is 0 Å². The maximum atomic E-state index is 7.64. The number of benzene rings is 10. The summed E-state index contributed by atoms with van der Waals surface area (Å²) in [5.41, 5.74) is 22.0. The third kappa shape index (κ3) is 10.0. The fourth-order valence-electron chi connectivity index (χ4n) is 13.4. The minimum atomic E-state index is -0.874. The predicted molar refractivity (Wildman–Crippen MR) is 370 cm³/mol. The molecule has 0 saturated carbocycles. The molecular formula is C83H88N2O. The van der Waals surface area contributed by atoms with Crippen LogP contribution in [0.3, 0.4) is 0 Å². The van der Waals surface area contributed by atoms with E-state index in [-0.39, 0.29) is 32.5 Å². The fourth-order valence-corrected chi connectivity index (χ4v) is 13.4. The number of furan rings is 1. The topological polar surface area (TPSA) is 19.6 Å². The molecule has 11 aromatic rings. The number of fused-ring (bicyclic) bond motifs is 6.